The third kappa shape index (κ3) is 4.44. The lowest BCUT2D eigenvalue weighted by Crippen LogP contribution is -2.46. The van der Waals surface area contributed by atoms with Crippen LogP contribution in [0.1, 0.15) is 53.1 Å². The van der Waals surface area contributed by atoms with Crippen LogP contribution in [0.5, 0.6) is 0 Å². The lowest BCUT2D eigenvalue weighted by atomic mass is 10.0. The third-order valence-electron chi connectivity index (χ3n) is 5.70. The van der Waals surface area contributed by atoms with Gasteiger partial charge < -0.3 is 15.6 Å². The Morgan fingerprint density at radius 3 is 2.43 bits per heavy atom. The zero-order chi connectivity index (χ0) is 20.3. The van der Waals surface area contributed by atoms with E-state index in [4.69, 9.17) is 5.73 Å². The minimum Gasteiger partial charge on any atom is -0.369 e. The highest BCUT2D eigenvalue weighted by molar-refractivity contribution is 5.96. The van der Waals surface area contributed by atoms with Gasteiger partial charge in [-0.15, -0.1) is 0 Å². The summed E-state index contributed by atoms with van der Waals surface area (Å²) in [6.45, 7) is 8.06. The van der Waals surface area contributed by atoms with Crippen molar-refractivity contribution in [1.29, 1.82) is 0 Å². The van der Waals surface area contributed by atoms with E-state index < -0.39 is 0 Å². The maximum atomic E-state index is 12.9. The number of primary amides is 1. The molecule has 150 valence electrons. The monoisotopic (exact) mass is 382 g/mol. The summed E-state index contributed by atoms with van der Waals surface area (Å²) in [5, 5.41) is 3.17. The van der Waals surface area contributed by atoms with Gasteiger partial charge in [0.15, 0.2) is 0 Å². The molecule has 6 heteroatoms. The summed E-state index contributed by atoms with van der Waals surface area (Å²) in [6, 6.07) is 12.6. The number of benzene rings is 1. The number of carbonyl (C=O) groups is 2. The number of carbonyl (C=O) groups excluding carboxylic acids is 2. The molecule has 6 nitrogen and oxygen atoms in total. The Morgan fingerprint density at radius 2 is 1.82 bits per heavy atom. The molecule has 0 saturated carbocycles. The van der Waals surface area contributed by atoms with Gasteiger partial charge in [0.05, 0.1) is 18.2 Å². The van der Waals surface area contributed by atoms with E-state index in [0.717, 1.165) is 42.9 Å². The molecule has 28 heavy (non-hydrogen) atoms. The zero-order valence-corrected chi connectivity index (χ0v) is 16.9. The second kappa shape index (κ2) is 8.61. The van der Waals surface area contributed by atoms with Gasteiger partial charge in [-0.25, -0.2) is 0 Å². The van der Waals surface area contributed by atoms with E-state index in [1.165, 1.54) is 5.56 Å². The zero-order valence-electron chi connectivity index (χ0n) is 16.9. The molecule has 1 saturated heterocycles. The fourth-order valence-corrected chi connectivity index (χ4v) is 4.20. The van der Waals surface area contributed by atoms with Crippen LogP contribution in [-0.4, -0.2) is 47.0 Å². The van der Waals surface area contributed by atoms with E-state index in [1.807, 2.05) is 43.0 Å². The fraction of sp³-hybridized carbons (Fsp3) is 0.455. The number of hydrogen-bond acceptors (Lipinski definition) is 3. The summed E-state index contributed by atoms with van der Waals surface area (Å²) in [7, 11) is 0. The van der Waals surface area contributed by atoms with Gasteiger partial charge >= 0.3 is 0 Å². The number of nitrogens with two attached hydrogens (primary N) is 1. The molecule has 1 aromatic heterocycles. The number of amides is 2. The van der Waals surface area contributed by atoms with E-state index in [2.05, 4.69) is 28.9 Å². The van der Waals surface area contributed by atoms with Crippen LogP contribution in [0.2, 0.25) is 0 Å². The Morgan fingerprint density at radius 1 is 1.18 bits per heavy atom. The van der Waals surface area contributed by atoms with Gasteiger partial charge in [-0.1, -0.05) is 30.3 Å². The van der Waals surface area contributed by atoms with Gasteiger partial charge in [-0.3, -0.25) is 14.5 Å². The Balaban J connectivity index is 1.68. The molecule has 1 unspecified atom stereocenters. The van der Waals surface area contributed by atoms with E-state index in [1.54, 1.807) is 0 Å². The molecule has 2 amide bonds. The average molecular weight is 383 g/mol. The Bertz CT molecular complexity index is 836. The van der Waals surface area contributed by atoms with Crippen molar-refractivity contribution in [3.05, 3.63) is 58.9 Å². The van der Waals surface area contributed by atoms with Crippen LogP contribution in [0.15, 0.2) is 36.4 Å². The lowest BCUT2D eigenvalue weighted by Gasteiger charge is -2.31. The normalized spacial score (nSPS) is 16.7. The van der Waals surface area contributed by atoms with Gasteiger partial charge in [0, 0.05) is 30.5 Å². The second-order valence-corrected chi connectivity index (χ2v) is 7.73. The highest BCUT2D eigenvalue weighted by Crippen LogP contribution is 2.25. The van der Waals surface area contributed by atoms with E-state index in [9.17, 15) is 9.59 Å². The quantitative estimate of drug-likeness (QED) is 0.805. The van der Waals surface area contributed by atoms with Crippen molar-refractivity contribution in [3.8, 4) is 0 Å². The van der Waals surface area contributed by atoms with E-state index in [0.29, 0.717) is 6.54 Å². The van der Waals surface area contributed by atoms with Crippen LogP contribution < -0.4 is 11.1 Å². The molecule has 1 aromatic carbocycles. The fourth-order valence-electron chi connectivity index (χ4n) is 4.20. The molecule has 1 aliphatic rings. The van der Waals surface area contributed by atoms with Crippen LogP contribution in [0, 0.1) is 13.8 Å². The first-order valence-electron chi connectivity index (χ1n) is 9.91. The molecule has 0 bridgehead atoms. The van der Waals surface area contributed by atoms with Crippen molar-refractivity contribution in [2.24, 2.45) is 5.73 Å². The number of piperidine rings is 1. The molecule has 3 rings (SSSR count). The standard InChI is InChI=1S/C22H30N4O2/c1-15-13-20(17(3)26(15)16(2)18-7-5-4-6-8-18)22(28)24-19-9-11-25(12-10-19)14-21(23)27/h4-8,13,16,19H,9-12,14H2,1-3H3,(H2,23,27)(H,24,28). The maximum Gasteiger partial charge on any atom is 0.253 e. The van der Waals surface area contributed by atoms with Gasteiger partial charge in [0.25, 0.3) is 5.91 Å². The third-order valence-corrected chi connectivity index (χ3v) is 5.70. The van der Waals surface area contributed by atoms with Crippen LogP contribution in [0.4, 0.5) is 0 Å². The van der Waals surface area contributed by atoms with Gasteiger partial charge in [-0.2, -0.15) is 0 Å². The molecule has 1 aliphatic heterocycles. The van der Waals surface area contributed by atoms with Crippen molar-refractivity contribution in [2.45, 2.75) is 45.7 Å². The molecule has 1 atom stereocenters. The summed E-state index contributed by atoms with van der Waals surface area (Å²) in [5.41, 5.74) is 9.28. The average Bonchev–Trinajstić information content (AvgIpc) is 2.97. The first-order valence-corrected chi connectivity index (χ1v) is 9.91. The Labute approximate surface area is 166 Å². The number of aromatic nitrogens is 1. The second-order valence-electron chi connectivity index (χ2n) is 7.73. The number of nitrogens with zero attached hydrogens (tertiary/aromatic N) is 2. The molecular weight excluding hydrogens is 352 g/mol. The minimum absolute atomic E-state index is 0.0204. The van der Waals surface area contributed by atoms with Gasteiger partial charge in [-0.05, 0) is 45.2 Å². The summed E-state index contributed by atoms with van der Waals surface area (Å²) < 4.78 is 2.22. The highest BCUT2D eigenvalue weighted by atomic mass is 16.2. The van der Waals surface area contributed by atoms with Crippen LogP contribution in [0.25, 0.3) is 0 Å². The number of aryl methyl sites for hydroxylation is 1. The summed E-state index contributed by atoms with van der Waals surface area (Å²) >= 11 is 0. The predicted molar refractivity (Wildman–Crippen MR) is 110 cm³/mol. The number of likely N-dealkylation sites (tertiary alicyclic amines) is 1. The summed E-state index contributed by atoms with van der Waals surface area (Å²) in [6.07, 6.45) is 1.66. The van der Waals surface area contributed by atoms with Crippen LogP contribution in [-0.2, 0) is 4.79 Å². The van der Waals surface area contributed by atoms with Crippen molar-refractivity contribution in [3.63, 3.8) is 0 Å². The molecule has 0 radical (unpaired) electrons. The smallest absolute Gasteiger partial charge is 0.253 e. The first-order chi connectivity index (χ1) is 13.4. The molecule has 3 N–H and O–H groups in total. The number of rotatable bonds is 6. The summed E-state index contributed by atoms with van der Waals surface area (Å²) in [5.74, 6) is -0.324. The first kappa shape index (κ1) is 20.1. The topological polar surface area (TPSA) is 80.4 Å². The van der Waals surface area contributed by atoms with Crippen LogP contribution in [0.3, 0.4) is 0 Å². The molecule has 0 aliphatic carbocycles. The van der Waals surface area contributed by atoms with Crippen molar-refractivity contribution < 1.29 is 9.59 Å². The number of hydrogen-bond donors (Lipinski definition) is 2. The molecular formula is C22H30N4O2. The highest BCUT2D eigenvalue weighted by Gasteiger charge is 2.24. The Kier molecular flexibility index (Phi) is 6.19. The maximum absolute atomic E-state index is 12.9. The molecule has 2 heterocycles. The minimum atomic E-state index is -0.303. The molecule has 2 aromatic rings. The Hall–Kier alpha value is -2.60. The lowest BCUT2D eigenvalue weighted by molar-refractivity contribution is -0.119. The van der Waals surface area contributed by atoms with Crippen molar-refractivity contribution >= 4 is 11.8 Å². The van der Waals surface area contributed by atoms with Crippen LogP contribution >= 0.6 is 0 Å². The van der Waals surface area contributed by atoms with Gasteiger partial charge in [0.1, 0.15) is 0 Å². The molecule has 1 fully saturated rings. The SMILES string of the molecule is Cc1cc(C(=O)NC2CCN(CC(N)=O)CC2)c(C)n1C(C)c1ccccc1. The number of nitrogens with one attached hydrogen (secondary N) is 1. The molecule has 0 spiro atoms. The van der Waals surface area contributed by atoms with Crippen molar-refractivity contribution in [2.75, 3.05) is 19.6 Å². The largest absolute Gasteiger partial charge is 0.369 e. The van der Waals surface area contributed by atoms with Gasteiger partial charge in [0.2, 0.25) is 5.91 Å². The van der Waals surface area contributed by atoms with E-state index >= 15 is 0 Å². The predicted octanol–water partition coefficient (Wildman–Crippen LogP) is 2.39. The summed E-state index contributed by atoms with van der Waals surface area (Å²) in [4.78, 5) is 26.0. The van der Waals surface area contributed by atoms with Crippen molar-refractivity contribution in [1.82, 2.24) is 14.8 Å². The van der Waals surface area contributed by atoms with E-state index in [-0.39, 0.29) is 23.9 Å².